The minimum Gasteiger partial charge on any atom is -0.388 e. The smallest absolute Gasteiger partial charge is 0.220 e. The summed E-state index contributed by atoms with van der Waals surface area (Å²) in [5.41, 5.74) is 2.82. The molecule has 736 valence electrons. The highest BCUT2D eigenvalue weighted by molar-refractivity contribution is 8.76. The Bertz CT molecular complexity index is 3650. The molecule has 0 spiro atoms. The van der Waals surface area contributed by atoms with Gasteiger partial charge in [0.15, 0.2) is 18.9 Å². The van der Waals surface area contributed by atoms with Crippen molar-refractivity contribution in [1.29, 1.82) is 0 Å². The molecule has 0 saturated carbocycles. The number of amides is 5. The Kier molecular flexibility index (Phi) is 46.8. The molecule has 130 heavy (non-hydrogen) atoms. The summed E-state index contributed by atoms with van der Waals surface area (Å²) in [6, 6.07) is 3.11. The summed E-state index contributed by atoms with van der Waals surface area (Å²) in [4.78, 5) is 66.2. The normalized spacial score (nSPS) is 25.6. The maximum atomic E-state index is 14.3. The number of aliphatic hydroxyl groups is 6. The third-order valence-electron chi connectivity index (χ3n) is 21.5. The van der Waals surface area contributed by atoms with Gasteiger partial charge >= 0.3 is 0 Å². The third-order valence-corrected chi connectivity index (χ3v) is 23.8. The highest BCUT2D eigenvalue weighted by atomic mass is 33.1. The minimum absolute atomic E-state index is 0.00128. The first-order valence-corrected chi connectivity index (χ1v) is 46.5. The van der Waals surface area contributed by atoms with Crippen LogP contribution in [0.15, 0.2) is 53.7 Å². The Morgan fingerprint density at radius 1 is 0.477 bits per heavy atom. The summed E-state index contributed by atoms with van der Waals surface area (Å²) in [6.07, 6.45) is 1.63. The van der Waals surface area contributed by atoms with E-state index in [1.54, 1.807) is 54.6 Å². The molecule has 6 bridgehead atoms. The number of carbonyl (C=O) groups excluding carboxylic acids is 5. The summed E-state index contributed by atoms with van der Waals surface area (Å²) >= 11 is 0. The zero-order valence-electron chi connectivity index (χ0n) is 74.2. The van der Waals surface area contributed by atoms with Crippen LogP contribution in [0.5, 0.6) is 0 Å². The molecule has 0 aromatic carbocycles. The second kappa shape index (κ2) is 57.6. The number of carbonyl (C=O) groups is 5. The van der Waals surface area contributed by atoms with E-state index in [4.69, 9.17) is 99.5 Å². The Morgan fingerprint density at radius 2 is 0.869 bits per heavy atom. The first kappa shape index (κ1) is 106. The summed E-state index contributed by atoms with van der Waals surface area (Å²) in [7, 11) is 3.41. The molecule has 15 atom stereocenters. The number of pyridine rings is 1. The minimum atomic E-state index is -1.35. The van der Waals surface area contributed by atoms with Gasteiger partial charge in [-0.3, -0.25) is 29.0 Å². The molecular formula is C81H133N15O32S2. The zero-order chi connectivity index (χ0) is 92.1. The molecule has 5 amide bonds. The van der Waals surface area contributed by atoms with Gasteiger partial charge in [0.05, 0.1) is 256 Å². The molecule has 10 rings (SSSR count). The van der Waals surface area contributed by atoms with Gasteiger partial charge in [-0.2, -0.15) is 0 Å². The molecule has 13 N–H and O–H groups in total. The van der Waals surface area contributed by atoms with Gasteiger partial charge in [0.25, 0.3) is 0 Å². The lowest BCUT2D eigenvalue weighted by atomic mass is 9.88. The van der Waals surface area contributed by atoms with E-state index in [0.29, 0.717) is 155 Å². The average molecular weight is 1890 g/mol. The predicted molar refractivity (Wildman–Crippen MR) is 454 cm³/mol. The number of hydrazine groups is 2. The van der Waals surface area contributed by atoms with Crippen molar-refractivity contribution in [2.45, 2.75) is 199 Å². The molecule has 49 heteroatoms. The Hall–Kier alpha value is -6.30. The Labute approximate surface area is 762 Å². The molecule has 6 saturated heterocycles. The number of aliphatic hydroxyl groups excluding tert-OH is 6. The maximum absolute atomic E-state index is 14.3. The zero-order valence-corrected chi connectivity index (χ0v) is 75.8. The van der Waals surface area contributed by atoms with Crippen LogP contribution in [0.2, 0.25) is 0 Å². The van der Waals surface area contributed by atoms with E-state index in [2.05, 4.69) is 63.2 Å². The fourth-order valence-electron chi connectivity index (χ4n) is 14.7. The van der Waals surface area contributed by atoms with Crippen LogP contribution >= 0.6 is 21.6 Å². The molecule has 0 aliphatic carbocycles. The topological polar surface area (TPSA) is 562 Å². The number of unbranched alkanes of at least 4 members (excludes halogenated alkanes) is 4. The van der Waals surface area contributed by atoms with Crippen LogP contribution in [-0.4, -0.2) is 420 Å². The maximum Gasteiger partial charge on any atom is 0.220 e. The monoisotopic (exact) mass is 1890 g/mol. The number of nitrogens with one attached hydrogen (secondary N) is 7. The van der Waals surface area contributed by atoms with Crippen LogP contribution in [-0.2, 0) is 150 Å². The van der Waals surface area contributed by atoms with E-state index < -0.39 is 108 Å². The van der Waals surface area contributed by atoms with E-state index in [1.807, 2.05) is 24.4 Å². The van der Waals surface area contributed by atoms with Crippen molar-refractivity contribution >= 4 is 51.1 Å². The fraction of sp³-hybridized carbons (Fsp3) is 0.802. The molecule has 6 fully saturated rings. The summed E-state index contributed by atoms with van der Waals surface area (Å²) in [5, 5.41) is 98.3. The average Bonchev–Trinajstić information content (AvgIpc) is 1.31. The number of ether oxygens (including phenoxy) is 21. The number of fused-ring (bicyclic) bond motifs is 6. The van der Waals surface area contributed by atoms with Crippen molar-refractivity contribution in [3.63, 3.8) is 0 Å². The molecule has 7 aliphatic rings. The van der Waals surface area contributed by atoms with Gasteiger partial charge in [-0.25, -0.2) is 14.3 Å². The molecule has 47 nitrogen and oxygen atoms in total. The number of hydrogen-bond acceptors (Lipinski definition) is 42. The van der Waals surface area contributed by atoms with Gasteiger partial charge in [-0.05, 0) is 48.6 Å². The van der Waals surface area contributed by atoms with Crippen LogP contribution in [0, 0.1) is 0 Å². The predicted octanol–water partition coefficient (Wildman–Crippen LogP) is -4.03. The lowest BCUT2D eigenvalue weighted by molar-refractivity contribution is -0.238. The van der Waals surface area contributed by atoms with E-state index in [9.17, 15) is 54.6 Å². The van der Waals surface area contributed by atoms with Crippen LogP contribution in [0.1, 0.15) is 83.5 Å². The standard InChI is InChI=1S/C81H133N15O32S2/c1-57(97)84-66-69(102)72(105)79(54-123-75(66)126-79)51-117-38-35-114-32-29-111-26-23-108-20-17-94-42-60(88-91-94)45-120-48-78(87-64(101)13-6-4-9-15-82-63(100)12-7-5-11-41-129-130-65-14-8-10-16-83-65,49-121-46-61-43-95(92-89-61)18-21-109-24-27-112-30-33-115-36-39-118-52-80-55-124-76(127-80)67(85-58(2)98)70(103)73(80)106)50-122-47-62-44-96(93-90-62)19-22-110-25-28-113-31-34-116-37-40-119-53-81-56-125-77(128-81)68(86-59(3)99)71(104)74(81)107/h8,10,14,16,42-44,66-77,88,91,102-107H,4-7,9,11-13,15,17-41,45-56H2,1-3H3,(H,82,100)(H,84,97)(H,85,98)(H,86,99)(H,87,101)/t66-,67-,68-,69-,70-,71-,72-,73-,74-,75+,76+,77+,79+,80+,81+/m1/s1. The van der Waals surface area contributed by atoms with Crippen molar-refractivity contribution in [2.24, 2.45) is 0 Å². The van der Waals surface area contributed by atoms with Crippen LogP contribution in [0.3, 0.4) is 0 Å². The number of hydrogen-bond donors (Lipinski definition) is 13. The molecular weight excluding hydrogens is 1760 g/mol. The van der Waals surface area contributed by atoms with Gasteiger partial charge in [-0.15, -0.1) is 15.7 Å². The van der Waals surface area contributed by atoms with E-state index in [0.717, 1.165) is 30.0 Å². The molecule has 10 heterocycles. The first-order valence-electron chi connectivity index (χ1n) is 44.1. The quantitative estimate of drug-likeness (QED) is 0.0189. The number of aromatic nitrogens is 7. The van der Waals surface area contributed by atoms with Crippen molar-refractivity contribution in [3.8, 4) is 0 Å². The Morgan fingerprint density at radius 3 is 1.28 bits per heavy atom. The van der Waals surface area contributed by atoms with Crippen molar-refractivity contribution in [3.05, 3.63) is 60.1 Å². The van der Waals surface area contributed by atoms with Gasteiger partial charge in [0.1, 0.15) is 93.5 Å². The second-order valence-electron chi connectivity index (χ2n) is 32.1. The SMILES string of the molecule is CC(=O)N[C@H]1[C@H]2OC[C@](COCCOCCOCCOCCN3C=C(COCC(COCc4cn(CCOCCOCCOCCOC[C@@]56CO[C@@H](O5)[C@H](NC(C)=O)[C@@H](O)[C@H]6O)nn4)(COCc4cn(CCOCCOCCOCCOC[C@@]56CO[C@@H](O5)[C@H](NC(C)=O)[C@@H](O)[C@H]6O)nn4)NC(=O)CCCCCNC(=O)CCCCCSSc4ccccn4)NN3)(O2)[C@H](O)[C@@H]1O. The lowest BCUT2D eigenvalue weighted by Crippen LogP contribution is -2.66. The summed E-state index contributed by atoms with van der Waals surface area (Å²) in [6.45, 7) is 11.0. The first-order chi connectivity index (χ1) is 63.2. The molecule has 7 aliphatic heterocycles. The number of rotatable bonds is 72. The molecule has 3 aromatic heterocycles. The van der Waals surface area contributed by atoms with Gasteiger partial charge < -0.3 is 162 Å². The van der Waals surface area contributed by atoms with Gasteiger partial charge in [0, 0.05) is 58.3 Å². The highest BCUT2D eigenvalue weighted by Crippen LogP contribution is 2.40. The second-order valence-corrected chi connectivity index (χ2v) is 34.6. The lowest BCUT2D eigenvalue weighted by Gasteiger charge is -2.42. The van der Waals surface area contributed by atoms with Crippen molar-refractivity contribution < 1.29 is 154 Å². The summed E-state index contributed by atoms with van der Waals surface area (Å²) < 4.78 is 126. The Balaban J connectivity index is 0.649. The molecule has 3 aromatic rings. The van der Waals surface area contributed by atoms with E-state index in [-0.39, 0.29) is 156 Å². The van der Waals surface area contributed by atoms with Crippen molar-refractivity contribution in [2.75, 3.05) is 224 Å². The van der Waals surface area contributed by atoms with Crippen LogP contribution < -0.4 is 37.5 Å². The van der Waals surface area contributed by atoms with Gasteiger partial charge in [-0.1, -0.05) is 40.1 Å². The van der Waals surface area contributed by atoms with E-state index in [1.165, 1.54) is 20.8 Å². The molecule has 0 unspecified atom stereocenters. The van der Waals surface area contributed by atoms with E-state index >= 15 is 0 Å². The van der Waals surface area contributed by atoms with Gasteiger partial charge in [0.2, 0.25) is 29.5 Å². The summed E-state index contributed by atoms with van der Waals surface area (Å²) in [5.74, 6) is -0.484. The van der Waals surface area contributed by atoms with Crippen LogP contribution in [0.4, 0.5) is 0 Å². The number of nitrogens with zero attached hydrogens (tertiary/aromatic N) is 8. The third kappa shape index (κ3) is 35.4. The fourth-order valence-corrected chi connectivity index (χ4v) is 16.7. The largest absolute Gasteiger partial charge is 0.388 e. The highest BCUT2D eigenvalue weighted by Gasteiger charge is 2.62. The van der Waals surface area contributed by atoms with Crippen molar-refractivity contribution in [1.82, 2.24) is 77.5 Å². The van der Waals surface area contributed by atoms with Crippen LogP contribution in [0.25, 0.3) is 0 Å². The molecule has 0 radical (unpaired) electrons.